The molecule has 16 heavy (non-hydrogen) atoms. The highest BCUT2D eigenvalue weighted by molar-refractivity contribution is 9.10. The zero-order valence-corrected chi connectivity index (χ0v) is 11.1. The molecule has 0 unspecified atom stereocenters. The van der Waals surface area contributed by atoms with Gasteiger partial charge in [0.05, 0.1) is 17.6 Å². The fourth-order valence-corrected chi connectivity index (χ4v) is 1.86. The van der Waals surface area contributed by atoms with Crippen molar-refractivity contribution in [2.45, 2.75) is 13.5 Å². The summed E-state index contributed by atoms with van der Waals surface area (Å²) in [4.78, 5) is 0. The molecule has 4 nitrogen and oxygen atoms in total. The number of benzene rings is 1. The second kappa shape index (κ2) is 5.43. The van der Waals surface area contributed by atoms with Crippen molar-refractivity contribution in [1.82, 2.24) is 15.0 Å². The normalized spacial score (nSPS) is 9.94. The third-order valence-electron chi connectivity index (χ3n) is 2.16. The molecule has 1 aromatic heterocycles. The number of nitrogens with two attached hydrogens (primary N) is 1. The number of halogens is 2. The Balaban J connectivity index is 0.00000128. The monoisotopic (exact) mass is 302 g/mol. The van der Waals surface area contributed by atoms with Crippen LogP contribution in [0.25, 0.3) is 5.69 Å². The van der Waals surface area contributed by atoms with Gasteiger partial charge in [0.1, 0.15) is 0 Å². The van der Waals surface area contributed by atoms with Gasteiger partial charge in [-0.25, -0.2) is 4.68 Å². The Labute approximate surface area is 108 Å². The summed E-state index contributed by atoms with van der Waals surface area (Å²) in [5.74, 6) is 0. The summed E-state index contributed by atoms with van der Waals surface area (Å²) in [5, 5.41) is 7.97. The zero-order chi connectivity index (χ0) is 10.8. The molecule has 0 saturated carbocycles. The SMILES string of the molecule is Cc1cc(Br)ccc1-n1cc(CN)nn1.Cl. The van der Waals surface area contributed by atoms with Crippen LogP contribution in [0.1, 0.15) is 11.3 Å². The molecule has 1 aromatic carbocycles. The lowest BCUT2D eigenvalue weighted by Gasteiger charge is -2.04. The maximum atomic E-state index is 5.48. The van der Waals surface area contributed by atoms with Gasteiger partial charge in [0.25, 0.3) is 0 Å². The standard InChI is InChI=1S/C10H11BrN4.ClH/c1-7-4-8(11)2-3-10(7)15-6-9(5-12)13-14-15;/h2-4,6H,5,12H2,1H3;1H. The van der Waals surface area contributed by atoms with Crippen LogP contribution in [-0.2, 0) is 6.54 Å². The Hall–Kier alpha value is -0.910. The molecule has 1 heterocycles. The molecule has 2 N–H and O–H groups in total. The van der Waals surface area contributed by atoms with Gasteiger partial charge >= 0.3 is 0 Å². The molecular formula is C10H12BrClN4. The predicted molar refractivity (Wildman–Crippen MR) is 68.9 cm³/mol. The molecular weight excluding hydrogens is 291 g/mol. The van der Waals surface area contributed by atoms with Crippen molar-refractivity contribution in [2.75, 3.05) is 0 Å². The van der Waals surface area contributed by atoms with Crippen molar-refractivity contribution < 1.29 is 0 Å². The van der Waals surface area contributed by atoms with E-state index < -0.39 is 0 Å². The van der Waals surface area contributed by atoms with Crippen LogP contribution in [0.3, 0.4) is 0 Å². The van der Waals surface area contributed by atoms with Gasteiger partial charge in [-0.2, -0.15) is 0 Å². The highest BCUT2D eigenvalue weighted by Gasteiger charge is 2.04. The minimum atomic E-state index is 0. The van der Waals surface area contributed by atoms with Crippen LogP contribution in [0, 0.1) is 6.92 Å². The molecule has 6 heteroatoms. The van der Waals surface area contributed by atoms with Crippen molar-refractivity contribution in [3.05, 3.63) is 40.1 Å². The molecule has 2 rings (SSSR count). The molecule has 0 aliphatic rings. The molecule has 0 saturated heterocycles. The van der Waals surface area contributed by atoms with Gasteiger partial charge in [0.15, 0.2) is 0 Å². The molecule has 0 bridgehead atoms. The molecule has 2 aromatic rings. The van der Waals surface area contributed by atoms with Gasteiger partial charge in [-0.15, -0.1) is 17.5 Å². The first kappa shape index (κ1) is 13.2. The van der Waals surface area contributed by atoms with E-state index in [1.165, 1.54) is 0 Å². The number of aromatic nitrogens is 3. The first-order valence-electron chi connectivity index (χ1n) is 4.58. The van der Waals surface area contributed by atoms with Gasteiger partial charge in [0.2, 0.25) is 0 Å². The van der Waals surface area contributed by atoms with Crippen LogP contribution in [0.2, 0.25) is 0 Å². The van der Waals surface area contributed by atoms with Crippen LogP contribution in [0.15, 0.2) is 28.9 Å². The summed E-state index contributed by atoms with van der Waals surface area (Å²) in [7, 11) is 0. The molecule has 0 spiro atoms. The largest absolute Gasteiger partial charge is 0.325 e. The quantitative estimate of drug-likeness (QED) is 0.925. The van der Waals surface area contributed by atoms with E-state index in [1.54, 1.807) is 4.68 Å². The van der Waals surface area contributed by atoms with Gasteiger partial charge in [0, 0.05) is 11.0 Å². The van der Waals surface area contributed by atoms with E-state index in [0.29, 0.717) is 6.54 Å². The predicted octanol–water partition coefficient (Wildman–Crippen LogP) is 2.22. The summed E-state index contributed by atoms with van der Waals surface area (Å²) in [6.45, 7) is 2.44. The van der Waals surface area contributed by atoms with E-state index in [-0.39, 0.29) is 12.4 Å². The fraction of sp³-hybridized carbons (Fsp3) is 0.200. The Bertz CT molecular complexity index is 483. The average Bonchev–Trinajstić information content (AvgIpc) is 2.66. The summed E-state index contributed by atoms with van der Waals surface area (Å²) >= 11 is 3.42. The molecule has 0 amide bonds. The molecule has 0 atom stereocenters. The van der Waals surface area contributed by atoms with Gasteiger partial charge in [-0.1, -0.05) is 21.1 Å². The lowest BCUT2D eigenvalue weighted by Crippen LogP contribution is -1.97. The molecule has 0 aliphatic heterocycles. The summed E-state index contributed by atoms with van der Waals surface area (Å²) in [6.07, 6.45) is 1.84. The third-order valence-corrected chi connectivity index (χ3v) is 2.65. The summed E-state index contributed by atoms with van der Waals surface area (Å²) < 4.78 is 2.80. The summed E-state index contributed by atoms with van der Waals surface area (Å²) in [5.41, 5.74) is 8.43. The van der Waals surface area contributed by atoms with E-state index in [4.69, 9.17) is 5.73 Å². The Kier molecular flexibility index (Phi) is 4.46. The Morgan fingerprint density at radius 1 is 1.44 bits per heavy atom. The topological polar surface area (TPSA) is 56.7 Å². The van der Waals surface area contributed by atoms with E-state index in [0.717, 1.165) is 21.4 Å². The lowest BCUT2D eigenvalue weighted by atomic mass is 10.2. The van der Waals surface area contributed by atoms with Crippen LogP contribution in [-0.4, -0.2) is 15.0 Å². The first-order chi connectivity index (χ1) is 7.20. The van der Waals surface area contributed by atoms with Crippen LogP contribution in [0.5, 0.6) is 0 Å². The number of hydrogen-bond acceptors (Lipinski definition) is 3. The molecule has 0 aliphatic carbocycles. The number of hydrogen-bond donors (Lipinski definition) is 1. The van der Waals surface area contributed by atoms with Crippen LogP contribution >= 0.6 is 28.3 Å². The van der Waals surface area contributed by atoms with Gasteiger partial charge in [-0.05, 0) is 30.7 Å². The smallest absolute Gasteiger partial charge is 0.0967 e. The minimum absolute atomic E-state index is 0. The highest BCUT2D eigenvalue weighted by Crippen LogP contribution is 2.18. The van der Waals surface area contributed by atoms with Crippen molar-refractivity contribution in [3.8, 4) is 5.69 Å². The minimum Gasteiger partial charge on any atom is -0.325 e. The number of nitrogens with zero attached hydrogens (tertiary/aromatic N) is 3. The number of aryl methyl sites for hydroxylation is 1. The van der Waals surface area contributed by atoms with Crippen LogP contribution in [0.4, 0.5) is 0 Å². The van der Waals surface area contributed by atoms with Crippen molar-refractivity contribution in [2.24, 2.45) is 5.73 Å². The van der Waals surface area contributed by atoms with Crippen molar-refractivity contribution >= 4 is 28.3 Å². The number of rotatable bonds is 2. The van der Waals surface area contributed by atoms with E-state index >= 15 is 0 Å². The third kappa shape index (κ3) is 2.61. The van der Waals surface area contributed by atoms with E-state index in [2.05, 4.69) is 26.2 Å². The van der Waals surface area contributed by atoms with Gasteiger partial charge < -0.3 is 5.73 Å². The Morgan fingerprint density at radius 2 is 2.19 bits per heavy atom. The van der Waals surface area contributed by atoms with Crippen LogP contribution < -0.4 is 5.73 Å². The van der Waals surface area contributed by atoms with Crippen molar-refractivity contribution in [3.63, 3.8) is 0 Å². The van der Waals surface area contributed by atoms with E-state index in [9.17, 15) is 0 Å². The average molecular weight is 304 g/mol. The second-order valence-electron chi connectivity index (χ2n) is 3.29. The molecule has 0 radical (unpaired) electrons. The van der Waals surface area contributed by atoms with Crippen molar-refractivity contribution in [1.29, 1.82) is 0 Å². The fourth-order valence-electron chi connectivity index (χ4n) is 1.39. The molecule has 0 fully saturated rings. The first-order valence-corrected chi connectivity index (χ1v) is 5.38. The lowest BCUT2D eigenvalue weighted by molar-refractivity contribution is 0.792. The van der Waals surface area contributed by atoms with Gasteiger partial charge in [-0.3, -0.25) is 0 Å². The molecule has 86 valence electrons. The van der Waals surface area contributed by atoms with E-state index in [1.807, 2.05) is 31.3 Å². The Morgan fingerprint density at radius 3 is 2.75 bits per heavy atom. The second-order valence-corrected chi connectivity index (χ2v) is 4.21. The maximum Gasteiger partial charge on any atom is 0.0967 e. The maximum absolute atomic E-state index is 5.48. The summed E-state index contributed by atoms with van der Waals surface area (Å²) in [6, 6.07) is 6.01. The zero-order valence-electron chi connectivity index (χ0n) is 8.72. The highest BCUT2D eigenvalue weighted by atomic mass is 79.9.